The largest absolute Gasteiger partial charge is 0.371 e. The van der Waals surface area contributed by atoms with Crippen LogP contribution in [0.3, 0.4) is 0 Å². The fourth-order valence-electron chi connectivity index (χ4n) is 2.75. The summed E-state index contributed by atoms with van der Waals surface area (Å²) in [4.78, 5) is 20.5. The molecule has 4 rings (SSSR count). The average Bonchev–Trinajstić information content (AvgIpc) is 3.20. The van der Waals surface area contributed by atoms with E-state index in [2.05, 4.69) is 25.7 Å². The minimum atomic E-state index is -0.258. The number of nitrogens with zero attached hydrogens (tertiary/aromatic N) is 4. The number of aromatic nitrogens is 4. The first-order chi connectivity index (χ1) is 13.2. The lowest BCUT2D eigenvalue weighted by Crippen LogP contribution is -2.33. The van der Waals surface area contributed by atoms with Gasteiger partial charge in [0.1, 0.15) is 5.15 Å². The second-order valence-electron chi connectivity index (χ2n) is 6.01. The number of carbonyl (C=O) groups excluding carboxylic acids is 1. The van der Waals surface area contributed by atoms with Gasteiger partial charge in [0.2, 0.25) is 0 Å². The summed E-state index contributed by atoms with van der Waals surface area (Å²) >= 11 is 5.73. The molecule has 3 aromatic rings. The first-order valence-corrected chi connectivity index (χ1v) is 8.83. The van der Waals surface area contributed by atoms with Gasteiger partial charge in [0, 0.05) is 25.0 Å². The van der Waals surface area contributed by atoms with E-state index in [1.807, 2.05) is 24.3 Å². The van der Waals surface area contributed by atoms with Gasteiger partial charge in [-0.15, -0.1) is 0 Å². The van der Waals surface area contributed by atoms with Crippen LogP contribution in [0.15, 0.2) is 49.1 Å². The molecular weight excluding hydrogens is 368 g/mol. The Hall–Kier alpha value is -2.81. The third kappa shape index (κ3) is 4.13. The monoisotopic (exact) mass is 384 g/mol. The fourth-order valence-corrected chi connectivity index (χ4v) is 2.85. The zero-order valence-electron chi connectivity index (χ0n) is 14.3. The normalized spacial score (nSPS) is 16.9. The van der Waals surface area contributed by atoms with Crippen LogP contribution in [-0.4, -0.2) is 45.4 Å². The van der Waals surface area contributed by atoms with E-state index in [-0.39, 0.29) is 12.0 Å². The van der Waals surface area contributed by atoms with E-state index in [9.17, 15) is 4.79 Å². The predicted molar refractivity (Wildman–Crippen MR) is 100 cm³/mol. The Morgan fingerprint density at radius 3 is 2.78 bits per heavy atom. The summed E-state index contributed by atoms with van der Waals surface area (Å²) in [5.41, 5.74) is 2.19. The molecule has 9 heteroatoms. The number of anilines is 1. The second kappa shape index (κ2) is 7.83. The number of hydrogen-bond donors (Lipinski definition) is 2. The summed E-state index contributed by atoms with van der Waals surface area (Å²) in [6.45, 7) is 2.36. The molecule has 0 unspecified atom stereocenters. The lowest BCUT2D eigenvalue weighted by atomic mass is 10.1. The minimum absolute atomic E-state index is 0.0437. The lowest BCUT2D eigenvalue weighted by Gasteiger charge is -2.24. The number of morpholine rings is 1. The number of hydrogen-bond acceptors (Lipinski definition) is 6. The third-order valence-corrected chi connectivity index (χ3v) is 4.35. The zero-order valence-corrected chi connectivity index (χ0v) is 15.1. The Morgan fingerprint density at radius 1 is 1.22 bits per heavy atom. The Kier molecular flexibility index (Phi) is 5.10. The summed E-state index contributed by atoms with van der Waals surface area (Å²) in [7, 11) is 0. The van der Waals surface area contributed by atoms with Crippen molar-refractivity contribution in [2.24, 2.45) is 0 Å². The molecule has 1 amide bonds. The molecule has 1 aliphatic heterocycles. The molecule has 2 N–H and O–H groups in total. The van der Waals surface area contributed by atoms with Gasteiger partial charge in [-0.2, -0.15) is 5.10 Å². The predicted octanol–water partition coefficient (Wildman–Crippen LogP) is 2.23. The van der Waals surface area contributed by atoms with Crippen molar-refractivity contribution in [3.8, 4) is 5.82 Å². The van der Waals surface area contributed by atoms with E-state index in [1.54, 1.807) is 6.20 Å². The Morgan fingerprint density at radius 2 is 2.07 bits per heavy atom. The summed E-state index contributed by atoms with van der Waals surface area (Å²) in [5.74, 6) is 0.218. The number of nitrogens with one attached hydrogen (secondary N) is 2. The van der Waals surface area contributed by atoms with Crippen LogP contribution in [0.1, 0.15) is 22.0 Å². The molecule has 3 heterocycles. The molecular formula is C18H17ClN6O2. The van der Waals surface area contributed by atoms with Crippen LogP contribution in [0.5, 0.6) is 0 Å². The van der Waals surface area contributed by atoms with Crippen LogP contribution in [0.2, 0.25) is 5.15 Å². The molecule has 1 fully saturated rings. The molecule has 0 saturated carbocycles. The molecule has 0 spiro atoms. The quantitative estimate of drug-likeness (QED) is 0.716. The van der Waals surface area contributed by atoms with Gasteiger partial charge in [-0.05, 0) is 17.7 Å². The van der Waals surface area contributed by atoms with Gasteiger partial charge in [0.05, 0.1) is 36.9 Å². The van der Waals surface area contributed by atoms with E-state index in [4.69, 9.17) is 16.3 Å². The highest BCUT2D eigenvalue weighted by molar-refractivity contribution is 6.29. The number of benzene rings is 1. The van der Waals surface area contributed by atoms with Crippen LogP contribution in [0.4, 0.5) is 5.69 Å². The molecule has 1 saturated heterocycles. The molecule has 0 bridgehead atoms. The van der Waals surface area contributed by atoms with Crippen molar-refractivity contribution in [3.05, 3.63) is 65.3 Å². The fraction of sp³-hybridized carbons (Fsp3) is 0.222. The maximum Gasteiger partial charge on any atom is 0.258 e. The van der Waals surface area contributed by atoms with E-state index in [0.29, 0.717) is 28.8 Å². The zero-order chi connectivity index (χ0) is 18.6. The van der Waals surface area contributed by atoms with Crippen molar-refractivity contribution in [2.75, 3.05) is 25.0 Å². The minimum Gasteiger partial charge on any atom is -0.371 e. The van der Waals surface area contributed by atoms with Gasteiger partial charge in [0.15, 0.2) is 5.82 Å². The van der Waals surface area contributed by atoms with Crippen molar-refractivity contribution in [1.29, 1.82) is 0 Å². The number of amides is 1. The standard InChI is InChI=1S/C18H17ClN6O2/c19-16-9-22-17(10-21-16)25-11-13(7-23-25)18(26)24-14-3-1-12(2-4-14)15-8-20-5-6-27-15/h1-4,7,9-11,15,20H,5-6,8H2,(H,24,26)/t15-/m1/s1. The molecule has 0 aliphatic carbocycles. The summed E-state index contributed by atoms with van der Waals surface area (Å²) in [5, 5.41) is 10.6. The van der Waals surface area contributed by atoms with Crippen LogP contribution in [-0.2, 0) is 4.74 Å². The molecule has 1 aromatic carbocycles. The van der Waals surface area contributed by atoms with E-state index >= 15 is 0 Å². The van der Waals surface area contributed by atoms with Gasteiger partial charge >= 0.3 is 0 Å². The summed E-state index contributed by atoms with van der Waals surface area (Å²) in [6.07, 6.45) is 6.01. The SMILES string of the molecule is O=C(Nc1ccc([C@H]2CNCCO2)cc1)c1cnn(-c2cnc(Cl)cn2)c1. The molecule has 8 nitrogen and oxygen atoms in total. The highest BCUT2D eigenvalue weighted by atomic mass is 35.5. The molecule has 2 aromatic heterocycles. The van der Waals surface area contributed by atoms with Gasteiger partial charge in [-0.25, -0.2) is 14.6 Å². The first-order valence-electron chi connectivity index (χ1n) is 8.45. The summed E-state index contributed by atoms with van der Waals surface area (Å²) in [6, 6.07) is 7.64. The Bertz CT molecular complexity index is 920. The number of halogens is 1. The topological polar surface area (TPSA) is 94.0 Å². The van der Waals surface area contributed by atoms with Crippen LogP contribution < -0.4 is 10.6 Å². The smallest absolute Gasteiger partial charge is 0.258 e. The van der Waals surface area contributed by atoms with E-state index in [1.165, 1.54) is 23.3 Å². The second-order valence-corrected chi connectivity index (χ2v) is 6.40. The number of rotatable bonds is 4. The molecule has 1 atom stereocenters. The highest BCUT2D eigenvalue weighted by Crippen LogP contribution is 2.21. The van der Waals surface area contributed by atoms with Gasteiger partial charge in [-0.3, -0.25) is 4.79 Å². The first kappa shape index (κ1) is 17.6. The number of ether oxygens (including phenoxy) is 1. The molecule has 1 aliphatic rings. The van der Waals surface area contributed by atoms with E-state index < -0.39 is 0 Å². The van der Waals surface area contributed by atoms with Gasteiger partial charge in [0.25, 0.3) is 5.91 Å². The van der Waals surface area contributed by atoms with Crippen molar-refractivity contribution in [1.82, 2.24) is 25.1 Å². The van der Waals surface area contributed by atoms with E-state index in [0.717, 1.165) is 18.7 Å². The van der Waals surface area contributed by atoms with Crippen molar-refractivity contribution in [2.45, 2.75) is 6.10 Å². The Labute approximate surface area is 160 Å². The van der Waals surface area contributed by atoms with Crippen molar-refractivity contribution < 1.29 is 9.53 Å². The van der Waals surface area contributed by atoms with Crippen LogP contribution in [0, 0.1) is 0 Å². The maximum absolute atomic E-state index is 12.4. The maximum atomic E-state index is 12.4. The average molecular weight is 385 g/mol. The molecule has 138 valence electrons. The van der Waals surface area contributed by atoms with Crippen molar-refractivity contribution in [3.63, 3.8) is 0 Å². The van der Waals surface area contributed by atoms with Gasteiger partial charge < -0.3 is 15.4 Å². The summed E-state index contributed by atoms with van der Waals surface area (Å²) < 4.78 is 7.19. The van der Waals surface area contributed by atoms with Crippen LogP contribution >= 0.6 is 11.6 Å². The third-order valence-electron chi connectivity index (χ3n) is 4.15. The molecule has 27 heavy (non-hydrogen) atoms. The lowest BCUT2D eigenvalue weighted by molar-refractivity contribution is 0.0277. The highest BCUT2D eigenvalue weighted by Gasteiger charge is 2.16. The number of carbonyl (C=O) groups is 1. The van der Waals surface area contributed by atoms with Gasteiger partial charge in [-0.1, -0.05) is 23.7 Å². The van der Waals surface area contributed by atoms with Crippen molar-refractivity contribution >= 4 is 23.2 Å². The molecule has 0 radical (unpaired) electrons. The Balaban J connectivity index is 1.42. The van der Waals surface area contributed by atoms with Crippen LogP contribution in [0.25, 0.3) is 5.82 Å².